The number of aromatic nitrogens is 1. The maximum absolute atomic E-state index is 14.0. The molecule has 146 valence electrons. The van der Waals surface area contributed by atoms with Crippen molar-refractivity contribution in [3.05, 3.63) is 76.5 Å². The third-order valence-corrected chi connectivity index (χ3v) is 5.34. The van der Waals surface area contributed by atoms with Gasteiger partial charge in [-0.2, -0.15) is 0 Å². The van der Waals surface area contributed by atoms with E-state index in [1.807, 2.05) is 0 Å². The van der Waals surface area contributed by atoms with Gasteiger partial charge in [-0.3, -0.25) is 9.00 Å². The minimum Gasteiger partial charge on any atom is -0.454 e. The Hall–Kier alpha value is -2.87. The van der Waals surface area contributed by atoms with Crippen LogP contribution in [0.4, 0.5) is 13.2 Å². The molecule has 28 heavy (non-hydrogen) atoms. The van der Waals surface area contributed by atoms with Gasteiger partial charge in [-0.15, -0.1) is 0 Å². The maximum Gasteiger partial charge on any atom is 0.286 e. The van der Waals surface area contributed by atoms with Crippen LogP contribution in [-0.4, -0.2) is 14.5 Å². The molecule has 0 radical (unpaired) electrons. The van der Waals surface area contributed by atoms with E-state index in [9.17, 15) is 22.2 Å². The summed E-state index contributed by atoms with van der Waals surface area (Å²) in [5.41, 5.74) is -0.200. The van der Waals surface area contributed by atoms with Crippen molar-refractivity contribution >= 4 is 10.8 Å². The monoisotopic (exact) mass is 407 g/mol. The highest BCUT2D eigenvalue weighted by Gasteiger charge is 2.16. The third-order valence-electron chi connectivity index (χ3n) is 4.04. The van der Waals surface area contributed by atoms with Crippen molar-refractivity contribution in [3.63, 3.8) is 0 Å². The van der Waals surface area contributed by atoms with Gasteiger partial charge in [0.2, 0.25) is 0 Å². The number of pyridine rings is 1. The molecule has 3 rings (SSSR count). The molecule has 4 nitrogen and oxygen atoms in total. The molecule has 0 N–H and O–H groups in total. The van der Waals surface area contributed by atoms with Gasteiger partial charge in [0.05, 0.1) is 10.8 Å². The molecule has 0 saturated carbocycles. The van der Waals surface area contributed by atoms with Gasteiger partial charge in [-0.25, -0.2) is 13.2 Å². The Kier molecular flexibility index (Phi) is 5.69. The Labute approximate surface area is 161 Å². The van der Waals surface area contributed by atoms with Gasteiger partial charge in [0.1, 0.15) is 11.6 Å². The first kappa shape index (κ1) is 19.9. The SMILES string of the molecule is CCS(=O)c1ccc(Oc2ccc(F)cc2F)c(-c2cc(F)c(=O)n(C)c2)c1. The van der Waals surface area contributed by atoms with E-state index in [2.05, 4.69) is 0 Å². The number of rotatable bonds is 5. The van der Waals surface area contributed by atoms with Crippen LogP contribution in [0, 0.1) is 17.5 Å². The maximum atomic E-state index is 14.0. The van der Waals surface area contributed by atoms with Crippen LogP contribution in [0.2, 0.25) is 0 Å². The van der Waals surface area contributed by atoms with Crippen LogP contribution in [0.1, 0.15) is 6.92 Å². The first-order valence-corrected chi connectivity index (χ1v) is 9.64. The van der Waals surface area contributed by atoms with Crippen LogP contribution in [0.3, 0.4) is 0 Å². The van der Waals surface area contributed by atoms with Crippen molar-refractivity contribution in [2.75, 3.05) is 5.75 Å². The van der Waals surface area contributed by atoms with Gasteiger partial charge in [-0.05, 0) is 36.4 Å². The molecule has 1 aromatic heterocycles. The summed E-state index contributed by atoms with van der Waals surface area (Å²) >= 11 is 0. The number of nitrogens with zero attached hydrogens (tertiary/aromatic N) is 1. The summed E-state index contributed by atoms with van der Waals surface area (Å²) in [6.07, 6.45) is 1.40. The molecule has 0 spiro atoms. The molecule has 1 unspecified atom stereocenters. The largest absolute Gasteiger partial charge is 0.454 e. The van der Waals surface area contributed by atoms with Crippen LogP contribution in [0.25, 0.3) is 11.1 Å². The van der Waals surface area contributed by atoms with Crippen LogP contribution < -0.4 is 10.3 Å². The molecule has 0 aliphatic rings. The van der Waals surface area contributed by atoms with E-state index in [1.165, 1.54) is 25.4 Å². The van der Waals surface area contributed by atoms with Crippen molar-refractivity contribution < 1.29 is 22.1 Å². The first-order valence-electron chi connectivity index (χ1n) is 8.32. The molecule has 0 fully saturated rings. The molecule has 8 heteroatoms. The van der Waals surface area contributed by atoms with E-state index in [4.69, 9.17) is 4.74 Å². The summed E-state index contributed by atoms with van der Waals surface area (Å²) in [6, 6.07) is 8.46. The number of hydrogen-bond acceptors (Lipinski definition) is 3. The average Bonchev–Trinajstić information content (AvgIpc) is 2.67. The van der Waals surface area contributed by atoms with Gasteiger partial charge in [0.25, 0.3) is 5.56 Å². The van der Waals surface area contributed by atoms with Crippen LogP contribution in [0.15, 0.2) is 58.4 Å². The minimum atomic E-state index is -1.29. The number of hydrogen-bond donors (Lipinski definition) is 0. The fourth-order valence-corrected chi connectivity index (χ4v) is 3.43. The summed E-state index contributed by atoms with van der Waals surface area (Å²) in [7, 11) is 0.0988. The number of halogens is 3. The number of ether oxygens (including phenoxy) is 1. The van der Waals surface area contributed by atoms with Crippen molar-refractivity contribution in [3.8, 4) is 22.6 Å². The van der Waals surface area contributed by atoms with E-state index in [-0.39, 0.29) is 17.1 Å². The Morgan fingerprint density at radius 1 is 1.00 bits per heavy atom. The number of benzene rings is 2. The van der Waals surface area contributed by atoms with E-state index in [1.54, 1.807) is 13.0 Å². The fourth-order valence-electron chi connectivity index (χ4n) is 2.63. The summed E-state index contributed by atoms with van der Waals surface area (Å²) in [5, 5.41) is 0. The Balaban J connectivity index is 2.17. The molecule has 0 aliphatic heterocycles. The molecule has 0 saturated heterocycles. The molecule has 2 aromatic carbocycles. The Morgan fingerprint density at radius 3 is 2.36 bits per heavy atom. The van der Waals surface area contributed by atoms with E-state index < -0.39 is 33.8 Å². The predicted molar refractivity (Wildman–Crippen MR) is 100 cm³/mol. The topological polar surface area (TPSA) is 48.3 Å². The second-order valence-electron chi connectivity index (χ2n) is 5.96. The zero-order valence-electron chi connectivity index (χ0n) is 15.0. The van der Waals surface area contributed by atoms with E-state index in [0.29, 0.717) is 22.3 Å². The minimum absolute atomic E-state index is 0.139. The lowest BCUT2D eigenvalue weighted by atomic mass is 10.1. The molecule has 3 aromatic rings. The molecular formula is C20H16F3NO3S. The molecular weight excluding hydrogens is 391 g/mol. The van der Waals surface area contributed by atoms with Gasteiger partial charge in [-0.1, -0.05) is 6.92 Å². The lowest BCUT2D eigenvalue weighted by Gasteiger charge is -2.14. The summed E-state index contributed by atoms with van der Waals surface area (Å²) in [6.45, 7) is 1.75. The summed E-state index contributed by atoms with van der Waals surface area (Å²) in [4.78, 5) is 12.1. The summed E-state index contributed by atoms with van der Waals surface area (Å²) < 4.78 is 59.9. The molecule has 1 heterocycles. The van der Waals surface area contributed by atoms with Crippen molar-refractivity contribution in [1.82, 2.24) is 4.57 Å². The lowest BCUT2D eigenvalue weighted by Crippen LogP contribution is -2.19. The highest BCUT2D eigenvalue weighted by Crippen LogP contribution is 2.36. The Morgan fingerprint density at radius 2 is 1.71 bits per heavy atom. The molecule has 0 bridgehead atoms. The fraction of sp³-hybridized carbons (Fsp3) is 0.150. The average molecular weight is 407 g/mol. The van der Waals surface area contributed by atoms with Gasteiger partial charge < -0.3 is 9.30 Å². The van der Waals surface area contributed by atoms with E-state index in [0.717, 1.165) is 22.8 Å². The van der Waals surface area contributed by atoms with Crippen LogP contribution in [-0.2, 0) is 17.8 Å². The molecule has 0 aliphatic carbocycles. The molecule has 1 atom stereocenters. The van der Waals surface area contributed by atoms with Crippen molar-refractivity contribution in [2.45, 2.75) is 11.8 Å². The highest BCUT2D eigenvalue weighted by atomic mass is 32.2. The third kappa shape index (κ3) is 4.01. The zero-order valence-corrected chi connectivity index (χ0v) is 15.9. The zero-order chi connectivity index (χ0) is 20.4. The lowest BCUT2D eigenvalue weighted by molar-refractivity contribution is 0.438. The second kappa shape index (κ2) is 8.02. The van der Waals surface area contributed by atoms with Crippen LogP contribution >= 0.6 is 0 Å². The second-order valence-corrected chi connectivity index (χ2v) is 7.70. The Bertz CT molecular complexity index is 1100. The van der Waals surface area contributed by atoms with Crippen molar-refractivity contribution in [1.29, 1.82) is 0 Å². The predicted octanol–water partition coefficient (Wildman–Crippen LogP) is 4.39. The van der Waals surface area contributed by atoms with E-state index >= 15 is 0 Å². The first-order chi connectivity index (χ1) is 13.3. The van der Waals surface area contributed by atoms with Crippen LogP contribution in [0.5, 0.6) is 11.5 Å². The van der Waals surface area contributed by atoms with Gasteiger partial charge >= 0.3 is 0 Å². The normalized spacial score (nSPS) is 12.0. The smallest absolute Gasteiger partial charge is 0.286 e. The van der Waals surface area contributed by atoms with Gasteiger partial charge in [0, 0.05) is 41.1 Å². The quantitative estimate of drug-likeness (QED) is 0.630. The number of aryl methyl sites for hydroxylation is 1. The standard InChI is InChI=1S/C20H16F3NO3S/c1-3-28(26)14-5-7-18(27-19-6-4-13(21)9-16(19)22)15(10-14)12-8-17(23)20(25)24(2)11-12/h4-11H,3H2,1-2H3. The van der Waals surface area contributed by atoms with Gasteiger partial charge in [0.15, 0.2) is 17.4 Å². The van der Waals surface area contributed by atoms with Crippen molar-refractivity contribution in [2.24, 2.45) is 7.05 Å². The summed E-state index contributed by atoms with van der Waals surface area (Å²) in [5.74, 6) is -2.34. The highest BCUT2D eigenvalue weighted by molar-refractivity contribution is 7.85. The molecule has 0 amide bonds.